The molecule has 0 aromatic heterocycles. The number of benzene rings is 1. The molecule has 1 aromatic carbocycles. The highest BCUT2D eigenvalue weighted by molar-refractivity contribution is 5.87. The summed E-state index contributed by atoms with van der Waals surface area (Å²) < 4.78 is 5.20. The van der Waals surface area contributed by atoms with Gasteiger partial charge in [0.25, 0.3) is 0 Å². The fourth-order valence-corrected chi connectivity index (χ4v) is 2.51. The van der Waals surface area contributed by atoms with Gasteiger partial charge in [-0.25, -0.2) is 0 Å². The standard InChI is InChI=1S/C20H30N2O5/c1-16(24)22-18(20(26)21-13-7-2-3-8-14-23)11-12-19(25)27-15-17-9-5-4-6-10-17/h4-6,9-10,18,23H,2-3,7-8,11-15H2,1H3,(H,21,26)(H,22,24)/t18-/m1/s1. The van der Waals surface area contributed by atoms with Gasteiger partial charge >= 0.3 is 5.97 Å². The van der Waals surface area contributed by atoms with Gasteiger partial charge in [0, 0.05) is 26.5 Å². The van der Waals surface area contributed by atoms with Crippen LogP contribution in [0.1, 0.15) is 51.0 Å². The van der Waals surface area contributed by atoms with Crippen LogP contribution in [-0.2, 0) is 25.7 Å². The lowest BCUT2D eigenvalue weighted by Gasteiger charge is -2.17. The zero-order valence-electron chi connectivity index (χ0n) is 15.9. The molecule has 1 rings (SSSR count). The highest BCUT2D eigenvalue weighted by atomic mass is 16.5. The number of aliphatic hydroxyl groups excluding tert-OH is 1. The van der Waals surface area contributed by atoms with Gasteiger partial charge in [0.2, 0.25) is 11.8 Å². The van der Waals surface area contributed by atoms with E-state index in [1.54, 1.807) is 0 Å². The summed E-state index contributed by atoms with van der Waals surface area (Å²) in [6.45, 7) is 2.20. The van der Waals surface area contributed by atoms with Crippen LogP contribution in [0.3, 0.4) is 0 Å². The number of hydrogen-bond acceptors (Lipinski definition) is 5. The molecule has 0 radical (unpaired) electrons. The first-order chi connectivity index (χ1) is 13.0. The van der Waals surface area contributed by atoms with E-state index in [2.05, 4.69) is 10.6 Å². The first-order valence-electron chi connectivity index (χ1n) is 9.38. The van der Waals surface area contributed by atoms with Gasteiger partial charge in [0.05, 0.1) is 0 Å². The second kappa shape index (κ2) is 13.7. The summed E-state index contributed by atoms with van der Waals surface area (Å²) >= 11 is 0. The van der Waals surface area contributed by atoms with Gasteiger partial charge in [-0.3, -0.25) is 14.4 Å². The van der Waals surface area contributed by atoms with Gasteiger partial charge in [-0.05, 0) is 24.8 Å². The van der Waals surface area contributed by atoms with E-state index >= 15 is 0 Å². The second-order valence-electron chi connectivity index (χ2n) is 6.37. The van der Waals surface area contributed by atoms with Crippen LogP contribution in [0.5, 0.6) is 0 Å². The molecule has 2 amide bonds. The van der Waals surface area contributed by atoms with Crippen molar-refractivity contribution in [1.29, 1.82) is 0 Å². The third kappa shape index (κ3) is 11.0. The fraction of sp³-hybridized carbons (Fsp3) is 0.550. The number of rotatable bonds is 13. The average Bonchev–Trinajstić information content (AvgIpc) is 2.66. The van der Waals surface area contributed by atoms with Crippen molar-refractivity contribution in [3.8, 4) is 0 Å². The van der Waals surface area contributed by atoms with E-state index in [0.29, 0.717) is 6.54 Å². The number of carbonyl (C=O) groups excluding carboxylic acids is 3. The Morgan fingerprint density at radius 3 is 2.44 bits per heavy atom. The van der Waals surface area contributed by atoms with Crippen LogP contribution in [0, 0.1) is 0 Å². The van der Waals surface area contributed by atoms with Crippen LogP contribution in [0.4, 0.5) is 0 Å². The topological polar surface area (TPSA) is 105 Å². The Bertz CT molecular complexity index is 577. The van der Waals surface area contributed by atoms with E-state index in [9.17, 15) is 14.4 Å². The van der Waals surface area contributed by atoms with Gasteiger partial charge in [-0.2, -0.15) is 0 Å². The number of hydrogen-bond donors (Lipinski definition) is 3. The van der Waals surface area contributed by atoms with Crippen LogP contribution < -0.4 is 10.6 Å². The van der Waals surface area contributed by atoms with Crippen LogP contribution in [0.15, 0.2) is 30.3 Å². The van der Waals surface area contributed by atoms with Crippen LogP contribution >= 0.6 is 0 Å². The Morgan fingerprint density at radius 2 is 1.78 bits per heavy atom. The average molecular weight is 378 g/mol. The van der Waals surface area contributed by atoms with Crippen molar-refractivity contribution in [2.45, 2.75) is 58.1 Å². The molecule has 0 aliphatic rings. The Labute approximate surface area is 160 Å². The minimum atomic E-state index is -0.760. The Balaban J connectivity index is 2.34. The van der Waals surface area contributed by atoms with Crippen molar-refractivity contribution in [3.63, 3.8) is 0 Å². The molecule has 0 spiro atoms. The molecule has 0 fully saturated rings. The highest BCUT2D eigenvalue weighted by Crippen LogP contribution is 2.05. The summed E-state index contributed by atoms with van der Waals surface area (Å²) in [5, 5.41) is 14.1. The maximum Gasteiger partial charge on any atom is 0.306 e. The molecule has 0 aliphatic heterocycles. The number of ether oxygens (including phenoxy) is 1. The number of carbonyl (C=O) groups is 3. The molecule has 7 heteroatoms. The van der Waals surface area contributed by atoms with Crippen LogP contribution in [-0.4, -0.2) is 42.1 Å². The summed E-state index contributed by atoms with van der Waals surface area (Å²) in [4.78, 5) is 35.5. The molecule has 7 nitrogen and oxygen atoms in total. The van der Waals surface area contributed by atoms with Crippen molar-refractivity contribution in [2.75, 3.05) is 13.2 Å². The van der Waals surface area contributed by atoms with E-state index in [1.807, 2.05) is 30.3 Å². The number of esters is 1. The third-order valence-electron chi connectivity index (χ3n) is 3.96. The monoisotopic (exact) mass is 378 g/mol. The predicted molar refractivity (Wildman–Crippen MR) is 102 cm³/mol. The van der Waals surface area contributed by atoms with Crippen LogP contribution in [0.25, 0.3) is 0 Å². The van der Waals surface area contributed by atoms with E-state index in [-0.39, 0.29) is 37.9 Å². The molecule has 27 heavy (non-hydrogen) atoms. The van der Waals surface area contributed by atoms with E-state index in [1.165, 1.54) is 6.92 Å². The van der Waals surface area contributed by atoms with E-state index in [0.717, 1.165) is 31.2 Å². The predicted octanol–water partition coefficient (Wildman–Crippen LogP) is 1.68. The Morgan fingerprint density at radius 1 is 1.07 bits per heavy atom. The summed E-state index contributed by atoms with van der Waals surface area (Å²) in [7, 11) is 0. The zero-order chi connectivity index (χ0) is 19.9. The molecule has 1 aromatic rings. The van der Waals surface area contributed by atoms with Crippen molar-refractivity contribution < 1.29 is 24.2 Å². The number of nitrogens with one attached hydrogen (secondary N) is 2. The Hall–Kier alpha value is -2.41. The van der Waals surface area contributed by atoms with Crippen LogP contribution in [0.2, 0.25) is 0 Å². The van der Waals surface area contributed by atoms with Gasteiger partial charge in [0.1, 0.15) is 12.6 Å². The van der Waals surface area contributed by atoms with Gasteiger partial charge < -0.3 is 20.5 Å². The molecule has 3 N–H and O–H groups in total. The summed E-state index contributed by atoms with van der Waals surface area (Å²) in [6.07, 6.45) is 3.61. The zero-order valence-corrected chi connectivity index (χ0v) is 15.9. The van der Waals surface area contributed by atoms with E-state index < -0.39 is 12.0 Å². The molecule has 1 atom stereocenters. The first kappa shape index (κ1) is 22.6. The van der Waals surface area contributed by atoms with Gasteiger partial charge in [-0.15, -0.1) is 0 Å². The lowest BCUT2D eigenvalue weighted by Crippen LogP contribution is -2.46. The summed E-state index contributed by atoms with van der Waals surface area (Å²) in [5.41, 5.74) is 0.892. The summed E-state index contributed by atoms with van der Waals surface area (Å²) in [5.74, 6) is -1.04. The lowest BCUT2D eigenvalue weighted by molar-refractivity contribution is -0.145. The molecular weight excluding hydrogens is 348 g/mol. The maximum atomic E-state index is 12.2. The second-order valence-corrected chi connectivity index (χ2v) is 6.37. The molecule has 0 aliphatic carbocycles. The van der Waals surface area contributed by atoms with Crippen molar-refractivity contribution in [1.82, 2.24) is 10.6 Å². The van der Waals surface area contributed by atoms with Crippen molar-refractivity contribution in [3.05, 3.63) is 35.9 Å². The highest BCUT2D eigenvalue weighted by Gasteiger charge is 2.20. The minimum absolute atomic E-state index is 0.0434. The number of amides is 2. The van der Waals surface area contributed by atoms with Crippen molar-refractivity contribution >= 4 is 17.8 Å². The smallest absolute Gasteiger partial charge is 0.306 e. The number of unbranched alkanes of at least 4 members (excludes halogenated alkanes) is 3. The SMILES string of the molecule is CC(=O)N[C@H](CCC(=O)OCc1ccccc1)C(=O)NCCCCCCO. The normalized spacial score (nSPS) is 11.5. The minimum Gasteiger partial charge on any atom is -0.461 e. The fourth-order valence-electron chi connectivity index (χ4n) is 2.51. The quantitative estimate of drug-likeness (QED) is 0.358. The third-order valence-corrected chi connectivity index (χ3v) is 3.96. The lowest BCUT2D eigenvalue weighted by atomic mass is 10.1. The molecule has 0 saturated heterocycles. The molecule has 0 heterocycles. The molecule has 150 valence electrons. The van der Waals surface area contributed by atoms with Gasteiger partial charge in [-0.1, -0.05) is 43.2 Å². The molecule has 0 saturated carbocycles. The van der Waals surface area contributed by atoms with Crippen molar-refractivity contribution in [2.24, 2.45) is 0 Å². The first-order valence-corrected chi connectivity index (χ1v) is 9.38. The van der Waals surface area contributed by atoms with E-state index in [4.69, 9.17) is 9.84 Å². The van der Waals surface area contributed by atoms with Gasteiger partial charge in [0.15, 0.2) is 0 Å². The summed E-state index contributed by atoms with van der Waals surface area (Å²) in [6, 6.07) is 8.58. The molecule has 0 bridgehead atoms. The number of aliphatic hydroxyl groups is 1. The maximum absolute atomic E-state index is 12.2. The largest absolute Gasteiger partial charge is 0.461 e. The molecular formula is C20H30N2O5. The Kier molecular flexibility index (Phi) is 11.5. The molecule has 0 unspecified atom stereocenters.